The average molecular weight is 385 g/mol. The van der Waals surface area contributed by atoms with Crippen molar-refractivity contribution in [2.24, 2.45) is 0 Å². The molecular formula is C23H32O3Si. The van der Waals surface area contributed by atoms with E-state index in [2.05, 4.69) is 81.4 Å². The first-order chi connectivity index (χ1) is 12.9. The Morgan fingerprint density at radius 2 is 1.56 bits per heavy atom. The molecule has 0 saturated carbocycles. The number of rotatable bonds is 6. The number of benzene rings is 2. The molecule has 3 nitrogen and oxygen atoms in total. The van der Waals surface area contributed by atoms with Gasteiger partial charge in [-0.25, -0.2) is 0 Å². The van der Waals surface area contributed by atoms with E-state index in [1.807, 2.05) is 0 Å². The maximum Gasteiger partial charge on any atom is 0.261 e. The van der Waals surface area contributed by atoms with E-state index in [0.29, 0.717) is 6.61 Å². The van der Waals surface area contributed by atoms with Crippen LogP contribution in [-0.2, 0) is 9.16 Å². The van der Waals surface area contributed by atoms with Gasteiger partial charge >= 0.3 is 0 Å². The molecule has 1 fully saturated rings. The highest BCUT2D eigenvalue weighted by atomic mass is 28.4. The van der Waals surface area contributed by atoms with Gasteiger partial charge in [0.25, 0.3) is 8.32 Å². The van der Waals surface area contributed by atoms with Crippen molar-refractivity contribution < 1.29 is 14.3 Å². The Morgan fingerprint density at radius 3 is 2.04 bits per heavy atom. The van der Waals surface area contributed by atoms with E-state index in [0.717, 1.165) is 25.9 Å². The second-order valence-corrected chi connectivity index (χ2v) is 12.7. The summed E-state index contributed by atoms with van der Waals surface area (Å²) in [5.41, 5.74) is 0. The van der Waals surface area contributed by atoms with Gasteiger partial charge in [-0.05, 0) is 34.7 Å². The van der Waals surface area contributed by atoms with Crippen LogP contribution in [0.25, 0.3) is 0 Å². The number of hydrogen-bond donors (Lipinski definition) is 1. The van der Waals surface area contributed by atoms with Gasteiger partial charge in [-0.15, -0.1) is 0 Å². The van der Waals surface area contributed by atoms with Crippen LogP contribution in [0.3, 0.4) is 0 Å². The molecule has 2 atom stereocenters. The van der Waals surface area contributed by atoms with Crippen LogP contribution in [0.5, 0.6) is 0 Å². The Morgan fingerprint density at radius 1 is 1.00 bits per heavy atom. The van der Waals surface area contributed by atoms with Crippen molar-refractivity contribution in [3.05, 3.63) is 60.7 Å². The van der Waals surface area contributed by atoms with Crippen LogP contribution in [0.15, 0.2) is 60.7 Å². The Balaban J connectivity index is 1.92. The van der Waals surface area contributed by atoms with E-state index in [1.54, 1.807) is 0 Å². The third-order valence-corrected chi connectivity index (χ3v) is 10.6. The fourth-order valence-corrected chi connectivity index (χ4v) is 8.77. The monoisotopic (exact) mass is 384 g/mol. The molecule has 146 valence electrons. The molecule has 0 radical (unpaired) electrons. The molecule has 2 aromatic rings. The topological polar surface area (TPSA) is 38.7 Å². The van der Waals surface area contributed by atoms with Crippen LogP contribution in [0, 0.1) is 0 Å². The summed E-state index contributed by atoms with van der Waals surface area (Å²) >= 11 is 0. The fraction of sp³-hybridized carbons (Fsp3) is 0.478. The van der Waals surface area contributed by atoms with Gasteiger partial charge in [0.05, 0.1) is 12.2 Å². The summed E-state index contributed by atoms with van der Waals surface area (Å²) in [6, 6.07) is 21.3. The van der Waals surface area contributed by atoms with Crippen molar-refractivity contribution in [2.45, 2.75) is 57.3 Å². The van der Waals surface area contributed by atoms with Crippen LogP contribution in [0.1, 0.15) is 40.0 Å². The number of ether oxygens (including phenoxy) is 1. The van der Waals surface area contributed by atoms with Gasteiger partial charge in [0.1, 0.15) is 0 Å². The van der Waals surface area contributed by atoms with E-state index < -0.39 is 8.32 Å². The normalized spacial score (nSPS) is 21.2. The van der Waals surface area contributed by atoms with Gasteiger partial charge in [-0.1, -0.05) is 81.4 Å². The first-order valence-corrected chi connectivity index (χ1v) is 11.9. The minimum Gasteiger partial charge on any atom is -0.407 e. The zero-order chi connectivity index (χ0) is 19.3. The van der Waals surface area contributed by atoms with Crippen molar-refractivity contribution in [1.29, 1.82) is 0 Å². The molecule has 1 aliphatic heterocycles. The fourth-order valence-electron chi connectivity index (χ4n) is 4.19. The molecule has 1 aliphatic rings. The van der Waals surface area contributed by atoms with E-state index in [9.17, 15) is 5.11 Å². The second-order valence-electron chi connectivity index (χ2n) is 8.42. The van der Waals surface area contributed by atoms with Crippen molar-refractivity contribution in [1.82, 2.24) is 0 Å². The molecule has 1 saturated heterocycles. The lowest BCUT2D eigenvalue weighted by atomic mass is 10.0. The summed E-state index contributed by atoms with van der Waals surface area (Å²) in [5.74, 6) is 0. The minimum atomic E-state index is -2.49. The quantitative estimate of drug-likeness (QED) is 0.775. The van der Waals surface area contributed by atoms with Gasteiger partial charge in [0, 0.05) is 13.2 Å². The molecule has 0 aliphatic carbocycles. The van der Waals surface area contributed by atoms with Gasteiger partial charge < -0.3 is 14.3 Å². The van der Waals surface area contributed by atoms with Crippen LogP contribution in [-0.4, -0.2) is 38.8 Å². The number of aliphatic hydroxyl groups is 1. The number of aliphatic hydroxyl groups excluding tert-OH is 1. The third-order valence-electron chi connectivity index (χ3n) is 5.54. The molecule has 0 bridgehead atoms. The van der Waals surface area contributed by atoms with E-state index in [1.165, 1.54) is 10.4 Å². The maximum absolute atomic E-state index is 10.2. The molecule has 0 amide bonds. The predicted octanol–water partition coefficient (Wildman–Crippen LogP) is 3.49. The Hall–Kier alpha value is -1.46. The molecule has 27 heavy (non-hydrogen) atoms. The molecule has 2 aromatic carbocycles. The van der Waals surface area contributed by atoms with E-state index in [4.69, 9.17) is 9.16 Å². The van der Waals surface area contributed by atoms with E-state index in [-0.39, 0.29) is 17.2 Å². The molecule has 1 heterocycles. The molecule has 3 rings (SSSR count). The first kappa shape index (κ1) is 20.3. The Bertz CT molecular complexity index is 657. The highest BCUT2D eigenvalue weighted by Gasteiger charge is 2.50. The standard InChI is InChI=1S/C23H32O3Si/c1-23(2,3)27(19-11-6-4-7-12-19,20-13-8-5-9-14-20)26-18-16-22-21(24)15-10-17-25-22/h4-9,11-14,21-22,24H,10,15-18H2,1-3H3/t21?,22-/m0/s1. The molecule has 0 aromatic heterocycles. The second kappa shape index (κ2) is 8.70. The third kappa shape index (κ3) is 4.35. The van der Waals surface area contributed by atoms with Crippen molar-refractivity contribution in [2.75, 3.05) is 13.2 Å². The van der Waals surface area contributed by atoms with Crippen LogP contribution in [0.2, 0.25) is 5.04 Å². The van der Waals surface area contributed by atoms with E-state index >= 15 is 0 Å². The molecular weight excluding hydrogens is 352 g/mol. The number of hydrogen-bond acceptors (Lipinski definition) is 3. The van der Waals surface area contributed by atoms with Crippen molar-refractivity contribution >= 4 is 18.7 Å². The van der Waals surface area contributed by atoms with Gasteiger partial charge in [0.15, 0.2) is 0 Å². The highest BCUT2D eigenvalue weighted by Crippen LogP contribution is 2.37. The van der Waals surface area contributed by atoms with Gasteiger partial charge in [0.2, 0.25) is 0 Å². The summed E-state index contributed by atoms with van der Waals surface area (Å²) in [7, 11) is -2.49. The summed E-state index contributed by atoms with van der Waals surface area (Å²) < 4.78 is 12.7. The van der Waals surface area contributed by atoms with Gasteiger partial charge in [-0.3, -0.25) is 0 Å². The molecule has 1 unspecified atom stereocenters. The van der Waals surface area contributed by atoms with Crippen LogP contribution >= 0.6 is 0 Å². The van der Waals surface area contributed by atoms with Crippen molar-refractivity contribution in [3.8, 4) is 0 Å². The summed E-state index contributed by atoms with van der Waals surface area (Å²) in [6.07, 6.45) is 2.00. The summed E-state index contributed by atoms with van der Waals surface area (Å²) in [5, 5.41) is 12.8. The largest absolute Gasteiger partial charge is 0.407 e. The highest BCUT2D eigenvalue weighted by molar-refractivity contribution is 6.99. The lowest BCUT2D eigenvalue weighted by Crippen LogP contribution is -2.66. The molecule has 4 heteroatoms. The lowest BCUT2D eigenvalue weighted by molar-refractivity contribution is -0.0809. The van der Waals surface area contributed by atoms with Crippen LogP contribution in [0.4, 0.5) is 0 Å². The minimum absolute atomic E-state index is 0.0260. The Kier molecular flexibility index (Phi) is 6.53. The average Bonchev–Trinajstić information content (AvgIpc) is 2.67. The first-order valence-electron chi connectivity index (χ1n) is 10.00. The van der Waals surface area contributed by atoms with Crippen molar-refractivity contribution in [3.63, 3.8) is 0 Å². The predicted molar refractivity (Wildman–Crippen MR) is 113 cm³/mol. The Labute approximate surface area is 164 Å². The molecule has 0 spiro atoms. The summed E-state index contributed by atoms with van der Waals surface area (Å²) in [4.78, 5) is 0. The lowest BCUT2D eigenvalue weighted by Gasteiger charge is -2.43. The zero-order valence-electron chi connectivity index (χ0n) is 16.7. The maximum atomic E-state index is 10.2. The molecule has 1 N–H and O–H groups in total. The SMILES string of the molecule is CC(C)(C)[Si](OCC[C@@H]1OCCCC1O)(c1ccccc1)c1ccccc1. The van der Waals surface area contributed by atoms with Gasteiger partial charge in [-0.2, -0.15) is 0 Å². The van der Waals surface area contributed by atoms with Crippen LogP contribution < -0.4 is 10.4 Å². The smallest absolute Gasteiger partial charge is 0.261 e. The summed E-state index contributed by atoms with van der Waals surface area (Å²) in [6.45, 7) is 8.18. The zero-order valence-corrected chi connectivity index (χ0v) is 17.7.